The van der Waals surface area contributed by atoms with Gasteiger partial charge in [0, 0.05) is 24.8 Å². The molecule has 3 rings (SSSR count). The number of hydrogen-bond acceptors (Lipinski definition) is 7. The van der Waals surface area contributed by atoms with Gasteiger partial charge in [0.25, 0.3) is 0 Å². The average Bonchev–Trinajstić information content (AvgIpc) is 2.69. The van der Waals surface area contributed by atoms with E-state index in [9.17, 15) is 14.7 Å². The molecule has 0 spiro atoms. The van der Waals surface area contributed by atoms with Gasteiger partial charge in [-0.05, 0) is 30.3 Å². The van der Waals surface area contributed by atoms with Crippen molar-refractivity contribution in [2.75, 3.05) is 17.7 Å². The number of rotatable bonds is 6. The third-order valence-corrected chi connectivity index (χ3v) is 4.08. The molecule has 0 fully saturated rings. The molecule has 0 unspecified atom stereocenters. The number of fused-ring (bicyclic) bond motifs is 1. The van der Waals surface area contributed by atoms with Crippen molar-refractivity contribution in [1.29, 1.82) is 0 Å². The molecule has 8 heteroatoms. The fourth-order valence-corrected chi connectivity index (χ4v) is 2.73. The highest BCUT2D eigenvalue weighted by Crippen LogP contribution is 2.36. The van der Waals surface area contributed by atoms with Gasteiger partial charge >= 0.3 is 5.97 Å². The molecular formula is C21H21N3O5. The number of nitrogens with zero attached hydrogens (tertiary/aromatic N) is 1. The predicted octanol–water partition coefficient (Wildman–Crippen LogP) is 3.97. The quantitative estimate of drug-likeness (QED) is 0.428. The number of carbonyl (C=O) groups excluding carboxylic acids is 2. The fraction of sp³-hybridized carbons (Fsp3) is 0.190. The van der Waals surface area contributed by atoms with Gasteiger partial charge in [-0.3, -0.25) is 9.59 Å². The van der Waals surface area contributed by atoms with Gasteiger partial charge in [0.15, 0.2) is 17.2 Å². The Morgan fingerprint density at radius 2 is 1.90 bits per heavy atom. The van der Waals surface area contributed by atoms with Crippen molar-refractivity contribution in [3.63, 3.8) is 0 Å². The van der Waals surface area contributed by atoms with E-state index >= 15 is 0 Å². The maximum atomic E-state index is 11.9. The second kappa shape index (κ2) is 8.47. The Labute approximate surface area is 167 Å². The summed E-state index contributed by atoms with van der Waals surface area (Å²) in [6.07, 6.45) is 0.184. The van der Waals surface area contributed by atoms with E-state index in [1.54, 1.807) is 37.3 Å². The molecule has 29 heavy (non-hydrogen) atoms. The van der Waals surface area contributed by atoms with Gasteiger partial charge in [-0.25, -0.2) is 4.98 Å². The number of carbonyl (C=O) groups is 2. The highest BCUT2D eigenvalue weighted by Gasteiger charge is 2.15. The summed E-state index contributed by atoms with van der Waals surface area (Å²) in [5.74, 6) is 0.287. The van der Waals surface area contributed by atoms with Gasteiger partial charge in [0.2, 0.25) is 5.91 Å². The Bertz CT molecular complexity index is 1080. The maximum Gasteiger partial charge on any atom is 0.311 e. The lowest BCUT2D eigenvalue weighted by Gasteiger charge is -2.16. The van der Waals surface area contributed by atoms with Crippen molar-refractivity contribution in [2.24, 2.45) is 0 Å². The molecule has 8 nitrogen and oxygen atoms in total. The summed E-state index contributed by atoms with van der Waals surface area (Å²) in [4.78, 5) is 27.9. The van der Waals surface area contributed by atoms with Gasteiger partial charge in [-0.2, -0.15) is 0 Å². The number of benzene rings is 2. The first-order chi connectivity index (χ1) is 13.9. The number of phenolic OH excluding ortho intramolecular Hbond substituents is 1. The highest BCUT2D eigenvalue weighted by atomic mass is 16.5. The zero-order valence-corrected chi connectivity index (χ0v) is 16.3. The molecule has 3 aromatic rings. The summed E-state index contributed by atoms with van der Waals surface area (Å²) >= 11 is 0. The minimum atomic E-state index is -0.436. The molecule has 1 amide bonds. The first kappa shape index (κ1) is 19.9. The number of amides is 1. The van der Waals surface area contributed by atoms with E-state index < -0.39 is 5.97 Å². The number of para-hydroxylation sites is 1. The Morgan fingerprint density at radius 1 is 1.14 bits per heavy atom. The van der Waals surface area contributed by atoms with E-state index in [2.05, 4.69) is 15.6 Å². The summed E-state index contributed by atoms with van der Waals surface area (Å²) in [5.41, 5.74) is 1.38. The summed E-state index contributed by atoms with van der Waals surface area (Å²) in [6, 6.07) is 11.8. The molecule has 0 aliphatic carbocycles. The largest absolute Gasteiger partial charge is 0.504 e. The monoisotopic (exact) mass is 395 g/mol. The van der Waals surface area contributed by atoms with Crippen LogP contribution in [0.3, 0.4) is 0 Å². The molecule has 1 aromatic heterocycles. The Kier molecular flexibility index (Phi) is 5.82. The summed E-state index contributed by atoms with van der Waals surface area (Å²) in [7, 11) is 1.48. The molecule has 0 atom stereocenters. The molecule has 0 saturated carbocycles. The minimum Gasteiger partial charge on any atom is -0.504 e. The molecule has 150 valence electrons. The third kappa shape index (κ3) is 4.55. The normalized spacial score (nSPS) is 10.4. The lowest BCUT2D eigenvalue weighted by molar-refractivity contribution is -0.134. The van der Waals surface area contributed by atoms with Crippen molar-refractivity contribution in [1.82, 2.24) is 4.98 Å². The molecule has 0 bridgehead atoms. The zero-order valence-electron chi connectivity index (χ0n) is 16.3. The van der Waals surface area contributed by atoms with Crippen LogP contribution in [0.4, 0.5) is 17.2 Å². The van der Waals surface area contributed by atoms with Crippen LogP contribution in [-0.4, -0.2) is 29.1 Å². The summed E-state index contributed by atoms with van der Waals surface area (Å²) < 4.78 is 10.5. The van der Waals surface area contributed by atoms with E-state index in [0.717, 1.165) is 5.39 Å². The second-order valence-corrected chi connectivity index (χ2v) is 6.23. The average molecular weight is 395 g/mol. The van der Waals surface area contributed by atoms with Crippen LogP contribution in [0, 0.1) is 0 Å². The number of ether oxygens (including phenoxy) is 2. The number of pyridine rings is 1. The first-order valence-corrected chi connectivity index (χ1v) is 8.97. The smallest absolute Gasteiger partial charge is 0.311 e. The molecule has 1 heterocycles. The number of nitrogens with one attached hydrogen (secondary N) is 2. The van der Waals surface area contributed by atoms with Crippen LogP contribution >= 0.6 is 0 Å². The van der Waals surface area contributed by atoms with Crippen molar-refractivity contribution in [3.05, 3.63) is 42.5 Å². The lowest BCUT2D eigenvalue weighted by atomic mass is 10.2. The molecule has 0 aliphatic rings. The van der Waals surface area contributed by atoms with E-state index in [1.165, 1.54) is 20.1 Å². The fourth-order valence-electron chi connectivity index (χ4n) is 2.73. The Balaban J connectivity index is 2.00. The number of methoxy groups -OCH3 is 1. The van der Waals surface area contributed by atoms with Crippen LogP contribution in [0.5, 0.6) is 17.2 Å². The van der Waals surface area contributed by atoms with Crippen molar-refractivity contribution >= 4 is 40.0 Å². The summed E-state index contributed by atoms with van der Waals surface area (Å²) in [6.45, 7) is 3.05. The van der Waals surface area contributed by atoms with Crippen LogP contribution < -0.4 is 20.1 Å². The molecule has 3 N–H and O–H groups in total. The van der Waals surface area contributed by atoms with Crippen LogP contribution in [0.1, 0.15) is 20.3 Å². The third-order valence-electron chi connectivity index (χ3n) is 4.08. The maximum absolute atomic E-state index is 11.9. The van der Waals surface area contributed by atoms with Crippen LogP contribution in [-0.2, 0) is 9.59 Å². The Hall–Kier alpha value is -3.81. The topological polar surface area (TPSA) is 110 Å². The zero-order chi connectivity index (χ0) is 21.0. The number of aromatic nitrogens is 1. The second-order valence-electron chi connectivity index (χ2n) is 6.23. The minimum absolute atomic E-state index is 0.0186. The van der Waals surface area contributed by atoms with Crippen molar-refractivity contribution in [3.8, 4) is 17.2 Å². The Morgan fingerprint density at radius 3 is 2.59 bits per heavy atom. The standard InChI is InChI=1S/C21H21N3O5/c1-4-20(27)29-21-14(22-12(2)25)6-5-7-15(21)23-19-9-8-13-10-18(28-3)17(26)11-16(13)24-19/h5-11,26H,4H2,1-3H3,(H,22,25)(H,23,24). The van der Waals surface area contributed by atoms with Gasteiger partial charge in [0.1, 0.15) is 5.82 Å². The van der Waals surface area contributed by atoms with E-state index in [0.29, 0.717) is 28.5 Å². The van der Waals surface area contributed by atoms with Crippen LogP contribution in [0.15, 0.2) is 42.5 Å². The molecule has 0 radical (unpaired) electrons. The van der Waals surface area contributed by atoms with E-state index in [-0.39, 0.29) is 23.8 Å². The van der Waals surface area contributed by atoms with Crippen LogP contribution in [0.25, 0.3) is 10.9 Å². The first-order valence-electron chi connectivity index (χ1n) is 8.97. The number of hydrogen-bond donors (Lipinski definition) is 3. The summed E-state index contributed by atoms with van der Waals surface area (Å²) in [5, 5.41) is 16.5. The van der Waals surface area contributed by atoms with E-state index in [1.807, 2.05) is 6.07 Å². The molecule has 2 aromatic carbocycles. The molecular weight excluding hydrogens is 374 g/mol. The van der Waals surface area contributed by atoms with Gasteiger partial charge in [0.05, 0.1) is 24.0 Å². The van der Waals surface area contributed by atoms with Gasteiger partial charge < -0.3 is 25.2 Å². The van der Waals surface area contributed by atoms with Crippen LogP contribution in [0.2, 0.25) is 0 Å². The lowest BCUT2D eigenvalue weighted by Crippen LogP contribution is -2.12. The van der Waals surface area contributed by atoms with Gasteiger partial charge in [-0.15, -0.1) is 0 Å². The number of esters is 1. The van der Waals surface area contributed by atoms with Crippen molar-refractivity contribution < 1.29 is 24.2 Å². The predicted molar refractivity (Wildman–Crippen MR) is 110 cm³/mol. The highest BCUT2D eigenvalue weighted by molar-refractivity contribution is 5.94. The molecule has 0 saturated heterocycles. The van der Waals surface area contributed by atoms with Crippen molar-refractivity contribution in [2.45, 2.75) is 20.3 Å². The number of anilines is 3. The van der Waals surface area contributed by atoms with E-state index in [4.69, 9.17) is 9.47 Å². The van der Waals surface area contributed by atoms with Gasteiger partial charge in [-0.1, -0.05) is 13.0 Å². The number of aromatic hydroxyl groups is 1. The SMILES string of the molecule is CCC(=O)Oc1c(NC(C)=O)cccc1Nc1ccc2cc(OC)c(O)cc2n1. The molecule has 0 aliphatic heterocycles. The number of phenols is 1.